The normalized spacial score (nSPS) is 16.8. The molecule has 1 fully saturated rings. The first-order valence-electron chi connectivity index (χ1n) is 16.8. The highest BCUT2D eigenvalue weighted by molar-refractivity contribution is 5.95. The highest BCUT2D eigenvalue weighted by atomic mass is 16.2. The Bertz CT molecular complexity index is 1530. The Morgan fingerprint density at radius 1 is 0.872 bits per heavy atom. The van der Waals surface area contributed by atoms with Gasteiger partial charge in [-0.05, 0) is 81.1 Å². The summed E-state index contributed by atoms with van der Waals surface area (Å²) in [4.78, 5) is 49.7. The molecule has 0 saturated carbocycles. The number of hydrogen-bond donors (Lipinski definition) is 1. The van der Waals surface area contributed by atoms with E-state index in [4.69, 9.17) is 5.73 Å². The zero-order valence-corrected chi connectivity index (χ0v) is 29.1. The lowest BCUT2D eigenvalue weighted by Gasteiger charge is -2.39. The van der Waals surface area contributed by atoms with E-state index in [1.165, 1.54) is 11.0 Å². The molecule has 3 atom stereocenters. The van der Waals surface area contributed by atoms with Crippen molar-refractivity contribution >= 4 is 28.5 Å². The van der Waals surface area contributed by atoms with Crippen LogP contribution in [0.2, 0.25) is 0 Å². The summed E-state index contributed by atoms with van der Waals surface area (Å²) in [5, 5.41) is 2.17. The molecule has 3 amide bonds. The third-order valence-electron chi connectivity index (χ3n) is 9.07. The minimum Gasteiger partial charge on any atom is -0.341 e. The molecule has 0 aliphatic carbocycles. The van der Waals surface area contributed by atoms with Crippen LogP contribution in [-0.4, -0.2) is 103 Å². The van der Waals surface area contributed by atoms with Crippen molar-refractivity contribution < 1.29 is 14.4 Å². The molecule has 0 radical (unpaired) electrons. The SMILES string of the molecule is CN(C)C[C@@H]1CCCN(C(=O)[C@@H](Cc2ccccc2)N(C)C(=O)[C@@H](Cc2ccc3ccccc3c2)N(C)C(=O)C=CCC(C)(C)N)C1. The van der Waals surface area contributed by atoms with Crippen LogP contribution in [0.3, 0.4) is 0 Å². The number of rotatable bonds is 13. The van der Waals surface area contributed by atoms with Crippen molar-refractivity contribution in [3.63, 3.8) is 0 Å². The van der Waals surface area contributed by atoms with Gasteiger partial charge in [-0.3, -0.25) is 14.4 Å². The van der Waals surface area contributed by atoms with Crippen LogP contribution >= 0.6 is 0 Å². The third-order valence-corrected chi connectivity index (χ3v) is 9.07. The van der Waals surface area contributed by atoms with Gasteiger partial charge >= 0.3 is 0 Å². The van der Waals surface area contributed by atoms with Crippen LogP contribution in [0.15, 0.2) is 84.9 Å². The number of nitrogens with two attached hydrogens (primary N) is 1. The topological polar surface area (TPSA) is 90.2 Å². The second-order valence-corrected chi connectivity index (χ2v) is 14.2. The van der Waals surface area contributed by atoms with Crippen molar-refractivity contribution in [2.45, 2.75) is 63.6 Å². The molecule has 0 unspecified atom stereocenters. The maximum absolute atomic E-state index is 14.6. The molecule has 0 aromatic heterocycles. The number of hydrogen-bond acceptors (Lipinski definition) is 5. The number of piperidine rings is 1. The second kappa shape index (κ2) is 16.2. The Morgan fingerprint density at radius 2 is 1.53 bits per heavy atom. The highest BCUT2D eigenvalue weighted by Gasteiger charge is 2.37. The molecule has 0 spiro atoms. The number of fused-ring (bicyclic) bond motifs is 1. The van der Waals surface area contributed by atoms with Gasteiger partial charge in [0.1, 0.15) is 12.1 Å². The van der Waals surface area contributed by atoms with Crippen molar-refractivity contribution in [1.82, 2.24) is 19.6 Å². The van der Waals surface area contributed by atoms with Gasteiger partial charge < -0.3 is 25.3 Å². The summed E-state index contributed by atoms with van der Waals surface area (Å²) in [5.74, 6) is -0.208. The number of nitrogens with zero attached hydrogens (tertiary/aromatic N) is 4. The predicted molar refractivity (Wildman–Crippen MR) is 191 cm³/mol. The van der Waals surface area contributed by atoms with Crippen molar-refractivity contribution in [3.8, 4) is 0 Å². The number of carbonyl (C=O) groups excluding carboxylic acids is 3. The van der Waals surface area contributed by atoms with E-state index in [2.05, 4.69) is 31.1 Å². The first-order valence-corrected chi connectivity index (χ1v) is 16.8. The molecule has 3 aromatic carbocycles. The summed E-state index contributed by atoms with van der Waals surface area (Å²) in [7, 11) is 7.51. The van der Waals surface area contributed by atoms with E-state index in [9.17, 15) is 14.4 Å². The minimum absolute atomic E-state index is 0.0448. The van der Waals surface area contributed by atoms with Crippen LogP contribution in [0, 0.1) is 5.92 Å². The van der Waals surface area contributed by atoms with Crippen molar-refractivity contribution in [3.05, 3.63) is 96.1 Å². The fraction of sp³-hybridized carbons (Fsp3) is 0.462. The number of likely N-dealkylation sites (N-methyl/N-ethyl adjacent to an activating group) is 2. The maximum Gasteiger partial charge on any atom is 0.246 e. The van der Waals surface area contributed by atoms with Gasteiger partial charge in [-0.15, -0.1) is 0 Å². The quantitative estimate of drug-likeness (QED) is 0.273. The molecule has 8 heteroatoms. The van der Waals surface area contributed by atoms with Crippen LogP contribution in [0.1, 0.15) is 44.2 Å². The van der Waals surface area contributed by atoms with Crippen LogP contribution < -0.4 is 5.73 Å². The Hall–Kier alpha value is -4.01. The number of benzene rings is 3. The van der Waals surface area contributed by atoms with Gasteiger partial charge in [0.2, 0.25) is 17.7 Å². The summed E-state index contributed by atoms with van der Waals surface area (Å²) in [6.07, 6.45) is 6.51. The zero-order chi connectivity index (χ0) is 34.1. The fourth-order valence-corrected chi connectivity index (χ4v) is 6.47. The summed E-state index contributed by atoms with van der Waals surface area (Å²) >= 11 is 0. The lowest BCUT2D eigenvalue weighted by molar-refractivity contribution is -0.150. The van der Waals surface area contributed by atoms with Gasteiger partial charge in [0, 0.05) is 52.1 Å². The van der Waals surface area contributed by atoms with E-state index < -0.39 is 17.6 Å². The van der Waals surface area contributed by atoms with E-state index in [1.807, 2.05) is 79.4 Å². The second-order valence-electron chi connectivity index (χ2n) is 14.2. The largest absolute Gasteiger partial charge is 0.341 e. The van der Waals surface area contributed by atoms with Crippen LogP contribution in [0.4, 0.5) is 0 Å². The van der Waals surface area contributed by atoms with Gasteiger partial charge in [0.05, 0.1) is 0 Å². The van der Waals surface area contributed by atoms with Gasteiger partial charge in [-0.25, -0.2) is 0 Å². The lowest BCUT2D eigenvalue weighted by atomic mass is 9.95. The smallest absolute Gasteiger partial charge is 0.246 e. The molecular formula is C39H53N5O3. The molecule has 3 aromatic rings. The first-order chi connectivity index (χ1) is 22.3. The molecule has 1 saturated heterocycles. The van der Waals surface area contributed by atoms with Crippen molar-refractivity contribution in [2.75, 3.05) is 47.8 Å². The third kappa shape index (κ3) is 10.2. The van der Waals surface area contributed by atoms with Crippen molar-refractivity contribution in [2.24, 2.45) is 11.7 Å². The van der Waals surface area contributed by atoms with E-state index in [1.54, 1.807) is 25.1 Å². The lowest BCUT2D eigenvalue weighted by Crippen LogP contribution is -2.57. The molecule has 47 heavy (non-hydrogen) atoms. The minimum atomic E-state index is -0.821. The Kier molecular flexibility index (Phi) is 12.4. The van der Waals surface area contributed by atoms with Gasteiger partial charge in [0.15, 0.2) is 0 Å². The van der Waals surface area contributed by atoms with Crippen molar-refractivity contribution in [1.29, 1.82) is 0 Å². The number of carbonyl (C=O) groups is 3. The molecule has 8 nitrogen and oxygen atoms in total. The molecule has 1 aliphatic heterocycles. The number of likely N-dealkylation sites (tertiary alicyclic amines) is 1. The van der Waals surface area contributed by atoms with E-state index in [0.29, 0.717) is 38.3 Å². The van der Waals surface area contributed by atoms with E-state index in [0.717, 1.165) is 41.3 Å². The maximum atomic E-state index is 14.6. The van der Waals surface area contributed by atoms with E-state index >= 15 is 0 Å². The molecule has 0 bridgehead atoms. The standard InChI is InChI=1S/C39H53N5O3/c1-39(2,40)22-12-19-36(45)42(5)34(26-30-20-21-32-17-10-11-18-33(32)24-30)37(46)43(6)35(25-29-14-8-7-9-15-29)38(47)44-23-13-16-31(28-44)27-41(3)4/h7-12,14-15,17-21,24,31,34-35H,13,16,22-23,25-28,40H2,1-6H3/t31-,34+,35+/m0/s1. The first kappa shape index (κ1) is 35.8. The fourth-order valence-electron chi connectivity index (χ4n) is 6.47. The molecular weight excluding hydrogens is 586 g/mol. The average molecular weight is 640 g/mol. The zero-order valence-electron chi connectivity index (χ0n) is 29.1. The molecule has 1 heterocycles. The van der Waals surface area contributed by atoms with Crippen LogP contribution in [0.5, 0.6) is 0 Å². The summed E-state index contributed by atoms with van der Waals surface area (Å²) in [6.45, 7) is 6.07. The van der Waals surface area contributed by atoms with E-state index in [-0.39, 0.29) is 17.7 Å². The monoisotopic (exact) mass is 639 g/mol. The average Bonchev–Trinajstić information content (AvgIpc) is 3.04. The number of amides is 3. The van der Waals surface area contributed by atoms with Gasteiger partial charge in [-0.1, -0.05) is 78.9 Å². The molecule has 2 N–H and O–H groups in total. The van der Waals surface area contributed by atoms with Gasteiger partial charge in [0.25, 0.3) is 0 Å². The summed E-state index contributed by atoms with van der Waals surface area (Å²) < 4.78 is 0. The Balaban J connectivity index is 1.66. The molecule has 1 aliphatic rings. The summed E-state index contributed by atoms with van der Waals surface area (Å²) in [6, 6.07) is 22.5. The molecule has 252 valence electrons. The summed E-state index contributed by atoms with van der Waals surface area (Å²) in [5.41, 5.74) is 7.60. The van der Waals surface area contributed by atoms with Crippen LogP contribution in [0.25, 0.3) is 10.8 Å². The Labute approximate surface area is 281 Å². The molecule has 4 rings (SSSR count). The predicted octanol–water partition coefficient (Wildman–Crippen LogP) is 4.76. The van der Waals surface area contributed by atoms with Crippen LogP contribution in [-0.2, 0) is 27.2 Å². The van der Waals surface area contributed by atoms with Gasteiger partial charge in [-0.2, -0.15) is 0 Å². The Morgan fingerprint density at radius 3 is 2.21 bits per heavy atom. The highest BCUT2D eigenvalue weighted by Crippen LogP contribution is 2.23.